The van der Waals surface area contributed by atoms with Gasteiger partial charge in [-0.05, 0) is 45.1 Å². The second-order valence-corrected chi connectivity index (χ2v) is 12.0. The number of piperazine rings is 1. The fourth-order valence-electron chi connectivity index (χ4n) is 7.76. The van der Waals surface area contributed by atoms with E-state index in [2.05, 4.69) is 33.3 Å². The minimum Gasteiger partial charge on any atom is -0.471 e. The Hall–Kier alpha value is -2.92. The van der Waals surface area contributed by atoms with E-state index in [-0.39, 0.29) is 52.3 Å². The highest BCUT2D eigenvalue weighted by Crippen LogP contribution is 2.47. The van der Waals surface area contributed by atoms with Crippen LogP contribution in [-0.2, 0) is 0 Å². The smallest absolute Gasteiger partial charge is 0.407 e. The topological polar surface area (TPSA) is 104 Å². The molecule has 39 heavy (non-hydrogen) atoms. The first-order chi connectivity index (χ1) is 18.8. The molecule has 2 aromatic heterocycles. The number of rotatable bonds is 5. The molecule has 1 amide bonds. The van der Waals surface area contributed by atoms with Gasteiger partial charge >= 0.3 is 12.1 Å². The largest absolute Gasteiger partial charge is 0.471 e. The summed E-state index contributed by atoms with van der Waals surface area (Å²) in [5, 5.41) is 10.1. The van der Waals surface area contributed by atoms with Crippen molar-refractivity contribution in [3.05, 3.63) is 23.1 Å². The van der Waals surface area contributed by atoms with Gasteiger partial charge in [0, 0.05) is 13.1 Å². The van der Waals surface area contributed by atoms with Crippen molar-refractivity contribution in [2.24, 2.45) is 0 Å². The molecular formula is C27H32ClFN6O4. The minimum atomic E-state index is -0.929. The molecule has 1 N–H and O–H groups in total. The van der Waals surface area contributed by atoms with Crippen molar-refractivity contribution in [2.75, 3.05) is 31.1 Å². The van der Waals surface area contributed by atoms with Gasteiger partial charge in [-0.2, -0.15) is 15.0 Å². The van der Waals surface area contributed by atoms with Crippen LogP contribution in [0.4, 0.5) is 15.0 Å². The highest BCUT2D eigenvalue weighted by atomic mass is 35.5. The van der Waals surface area contributed by atoms with Crippen LogP contribution in [0.15, 0.2) is 12.2 Å². The van der Waals surface area contributed by atoms with Crippen molar-refractivity contribution in [2.45, 2.75) is 81.6 Å². The van der Waals surface area contributed by atoms with Crippen LogP contribution < -0.4 is 14.4 Å². The van der Waals surface area contributed by atoms with E-state index in [4.69, 9.17) is 26.1 Å². The molecule has 0 spiro atoms. The van der Waals surface area contributed by atoms with Crippen LogP contribution >= 0.6 is 11.6 Å². The molecule has 2 aromatic rings. The number of carboxylic acid groups (broad SMARTS) is 1. The van der Waals surface area contributed by atoms with Crippen LogP contribution in [0.2, 0.25) is 5.15 Å². The zero-order valence-electron chi connectivity index (χ0n) is 21.9. The first kappa shape index (κ1) is 25.1. The molecule has 4 saturated heterocycles. The summed E-state index contributed by atoms with van der Waals surface area (Å²) in [7, 11) is 0. The highest BCUT2D eigenvalue weighted by molar-refractivity contribution is 6.30. The van der Waals surface area contributed by atoms with E-state index in [1.807, 2.05) is 0 Å². The number of pyridine rings is 1. The lowest BCUT2D eigenvalue weighted by Gasteiger charge is -2.47. The molecule has 5 unspecified atom stereocenters. The standard InChI is InChI=1S/C27H32ClFN6O4/c1-3-5-17-21-16-7-6-15(35(16)26(36)37)12-34(21)23-18-20(19(29)22(28)31-24(18)39-17)30-25(32-23)38-13-27-8-4-9-33(27)11-14(2)10-27/h15-17,21H,2-13H2,1H3,(H,36,37). The van der Waals surface area contributed by atoms with Crippen LogP contribution in [-0.4, -0.2) is 92.0 Å². The summed E-state index contributed by atoms with van der Waals surface area (Å²) in [6.07, 6.45) is 4.59. The van der Waals surface area contributed by atoms with Gasteiger partial charge in [0.1, 0.15) is 29.4 Å². The molecule has 5 aliphatic heterocycles. The van der Waals surface area contributed by atoms with Crippen molar-refractivity contribution in [3.8, 4) is 11.9 Å². The van der Waals surface area contributed by atoms with Gasteiger partial charge in [0.05, 0.1) is 23.7 Å². The molecule has 208 valence electrons. The maximum Gasteiger partial charge on any atom is 0.407 e. The van der Waals surface area contributed by atoms with Crippen LogP contribution in [0.25, 0.3) is 10.9 Å². The predicted molar refractivity (Wildman–Crippen MR) is 142 cm³/mol. The van der Waals surface area contributed by atoms with Gasteiger partial charge in [-0.1, -0.05) is 37.1 Å². The second-order valence-electron chi connectivity index (χ2n) is 11.6. The lowest BCUT2D eigenvalue weighted by Crippen LogP contribution is -2.65. The average Bonchev–Trinajstić information content (AvgIpc) is 3.50. The van der Waals surface area contributed by atoms with Crippen LogP contribution in [0.5, 0.6) is 11.9 Å². The Kier molecular flexibility index (Phi) is 5.82. The zero-order chi connectivity index (χ0) is 27.1. The van der Waals surface area contributed by atoms with E-state index in [1.165, 1.54) is 5.57 Å². The Morgan fingerprint density at radius 3 is 2.97 bits per heavy atom. The fourth-order valence-corrected chi connectivity index (χ4v) is 7.93. The first-order valence-electron chi connectivity index (χ1n) is 13.9. The lowest BCUT2D eigenvalue weighted by atomic mass is 9.94. The third-order valence-electron chi connectivity index (χ3n) is 9.29. The van der Waals surface area contributed by atoms with Crippen LogP contribution in [0.3, 0.4) is 0 Å². The second kappa shape index (κ2) is 9.05. The molecule has 0 aliphatic carbocycles. The number of fused-ring (bicyclic) bond motifs is 6. The van der Waals surface area contributed by atoms with E-state index in [0.29, 0.717) is 30.8 Å². The number of carbonyl (C=O) groups is 1. The first-order valence-corrected chi connectivity index (χ1v) is 14.2. The maximum atomic E-state index is 15.5. The summed E-state index contributed by atoms with van der Waals surface area (Å²) in [6.45, 7) is 8.90. The number of nitrogens with zero attached hydrogens (tertiary/aromatic N) is 6. The summed E-state index contributed by atoms with van der Waals surface area (Å²) in [6, 6.07) is -0.715. The number of hydrogen-bond acceptors (Lipinski definition) is 8. The third kappa shape index (κ3) is 3.76. The van der Waals surface area contributed by atoms with Gasteiger partial charge in [0.2, 0.25) is 5.88 Å². The molecule has 5 atom stereocenters. The van der Waals surface area contributed by atoms with Crippen molar-refractivity contribution in [3.63, 3.8) is 0 Å². The highest BCUT2D eigenvalue weighted by Gasteiger charge is 2.54. The lowest BCUT2D eigenvalue weighted by molar-refractivity contribution is 0.0616. The molecular weight excluding hydrogens is 527 g/mol. The van der Waals surface area contributed by atoms with Gasteiger partial charge in [-0.3, -0.25) is 9.80 Å². The van der Waals surface area contributed by atoms with E-state index < -0.39 is 11.9 Å². The summed E-state index contributed by atoms with van der Waals surface area (Å²) >= 11 is 6.24. The molecule has 0 radical (unpaired) electrons. The molecule has 2 bridgehead atoms. The van der Waals surface area contributed by atoms with Gasteiger partial charge in [0.15, 0.2) is 11.0 Å². The Labute approximate surface area is 230 Å². The molecule has 0 saturated carbocycles. The number of aromatic nitrogens is 3. The molecule has 10 nitrogen and oxygen atoms in total. The van der Waals surface area contributed by atoms with Crippen molar-refractivity contribution < 1.29 is 23.8 Å². The van der Waals surface area contributed by atoms with Crippen LogP contribution in [0.1, 0.15) is 51.9 Å². The number of anilines is 1. The average molecular weight is 559 g/mol. The van der Waals surface area contributed by atoms with Crippen LogP contribution in [0, 0.1) is 5.82 Å². The zero-order valence-corrected chi connectivity index (χ0v) is 22.7. The normalized spacial score (nSPS) is 31.3. The molecule has 12 heteroatoms. The van der Waals surface area contributed by atoms with Gasteiger partial charge in [-0.15, -0.1) is 0 Å². The van der Waals surface area contributed by atoms with E-state index in [9.17, 15) is 9.90 Å². The van der Waals surface area contributed by atoms with E-state index >= 15 is 4.39 Å². The van der Waals surface area contributed by atoms with Gasteiger partial charge in [-0.25, -0.2) is 9.18 Å². The summed E-state index contributed by atoms with van der Waals surface area (Å²) in [4.78, 5) is 31.9. The Morgan fingerprint density at radius 1 is 1.33 bits per heavy atom. The summed E-state index contributed by atoms with van der Waals surface area (Å²) in [5.74, 6) is -0.105. The molecule has 7 heterocycles. The number of amides is 1. The minimum absolute atomic E-state index is 0.00511. The fraction of sp³-hybridized carbons (Fsp3) is 0.630. The summed E-state index contributed by atoms with van der Waals surface area (Å²) in [5.41, 5.74) is 1.05. The van der Waals surface area contributed by atoms with Crippen molar-refractivity contribution in [1.29, 1.82) is 0 Å². The monoisotopic (exact) mass is 558 g/mol. The Bertz CT molecular complexity index is 1380. The van der Waals surface area contributed by atoms with Crippen molar-refractivity contribution >= 4 is 34.4 Å². The van der Waals surface area contributed by atoms with Gasteiger partial charge in [0.25, 0.3) is 0 Å². The number of ether oxygens (including phenoxy) is 2. The number of hydrogen-bond donors (Lipinski definition) is 1. The molecule has 7 rings (SSSR count). The predicted octanol–water partition coefficient (Wildman–Crippen LogP) is 4.25. The Morgan fingerprint density at radius 2 is 2.18 bits per heavy atom. The van der Waals surface area contributed by atoms with E-state index in [1.54, 1.807) is 4.90 Å². The molecule has 5 aliphatic rings. The number of halogens is 2. The SMILES string of the molecule is C=C1CN2CCCC2(COc2nc3c4c(nc(Cl)c(F)c4n2)OC(CCC)C2C4CCC(CN32)N4C(=O)O)C1. The third-order valence-corrected chi connectivity index (χ3v) is 9.54. The van der Waals surface area contributed by atoms with E-state index in [0.717, 1.165) is 51.6 Å². The molecule has 4 fully saturated rings. The Balaban J connectivity index is 1.34. The maximum absolute atomic E-state index is 15.5. The molecule has 0 aromatic carbocycles. The van der Waals surface area contributed by atoms with Crippen molar-refractivity contribution in [1.82, 2.24) is 24.8 Å². The summed E-state index contributed by atoms with van der Waals surface area (Å²) < 4.78 is 28.2. The van der Waals surface area contributed by atoms with Gasteiger partial charge < -0.3 is 19.5 Å². The quantitative estimate of drug-likeness (QED) is 0.426.